The molecule has 0 saturated carbocycles. The Labute approximate surface area is 117 Å². The summed E-state index contributed by atoms with van der Waals surface area (Å²) in [6.07, 6.45) is 1.71. The fraction of sp³-hybridized carbons (Fsp3) is 0.0909. The summed E-state index contributed by atoms with van der Waals surface area (Å²) in [5, 5.41) is 12.6. The van der Waals surface area contributed by atoms with Crippen LogP contribution in [0.15, 0.2) is 23.9 Å². The zero-order valence-corrected chi connectivity index (χ0v) is 11.9. The summed E-state index contributed by atoms with van der Waals surface area (Å²) in [6.45, 7) is 0. The van der Waals surface area contributed by atoms with Gasteiger partial charge in [0.25, 0.3) is 5.91 Å². The normalized spacial score (nSPS) is 17.8. The first-order chi connectivity index (χ1) is 7.99. The summed E-state index contributed by atoms with van der Waals surface area (Å²) in [7, 11) is 1.62. The van der Waals surface area contributed by atoms with E-state index in [4.69, 9.17) is 12.2 Å². The van der Waals surface area contributed by atoms with Crippen molar-refractivity contribution in [3.63, 3.8) is 0 Å². The summed E-state index contributed by atoms with van der Waals surface area (Å²) < 4.78 is 0.735. The number of phenolic OH excluding ortho intramolecular Hbond substituents is 1. The van der Waals surface area contributed by atoms with E-state index in [2.05, 4.69) is 5.32 Å². The minimum Gasteiger partial charge on any atom is -0.507 e. The lowest BCUT2D eigenvalue weighted by molar-refractivity contribution is -0.121. The van der Waals surface area contributed by atoms with Crippen LogP contribution in [0, 0.1) is 3.57 Å². The number of rotatable bonds is 1. The van der Waals surface area contributed by atoms with Crippen LogP contribution in [0.5, 0.6) is 5.75 Å². The number of aromatic hydroxyl groups is 1. The van der Waals surface area contributed by atoms with Crippen molar-refractivity contribution in [3.8, 4) is 5.75 Å². The Morgan fingerprint density at radius 3 is 2.76 bits per heavy atom. The van der Waals surface area contributed by atoms with Crippen LogP contribution in [0.1, 0.15) is 5.56 Å². The highest BCUT2D eigenvalue weighted by atomic mass is 127. The number of carbonyl (C=O) groups excluding carboxylic acids is 1. The second-order valence-corrected chi connectivity index (χ2v) is 5.11. The number of thiocarbonyl (C=S) groups is 1. The molecule has 0 spiro atoms. The molecule has 2 N–H and O–H groups in total. The molecule has 1 aliphatic rings. The van der Waals surface area contributed by atoms with E-state index in [1.54, 1.807) is 31.3 Å². The molecule has 17 heavy (non-hydrogen) atoms. The molecular weight excluding hydrogens is 351 g/mol. The summed E-state index contributed by atoms with van der Waals surface area (Å²) in [5.74, 6) is 0.0733. The Balaban J connectivity index is 2.34. The third-order valence-corrected chi connectivity index (χ3v) is 3.60. The molecule has 0 aromatic heterocycles. The van der Waals surface area contributed by atoms with Gasteiger partial charge in [-0.15, -0.1) is 0 Å². The van der Waals surface area contributed by atoms with Crippen LogP contribution in [0.3, 0.4) is 0 Å². The lowest BCUT2D eigenvalue weighted by Gasteiger charge is -2.02. The molecule has 0 radical (unpaired) electrons. The molecule has 1 amide bonds. The predicted octanol–water partition coefficient (Wildman–Crippen LogP) is 1.68. The predicted molar refractivity (Wildman–Crippen MR) is 77.3 cm³/mol. The van der Waals surface area contributed by atoms with Gasteiger partial charge >= 0.3 is 0 Å². The van der Waals surface area contributed by atoms with Gasteiger partial charge in [0.2, 0.25) is 0 Å². The van der Waals surface area contributed by atoms with E-state index in [0.29, 0.717) is 10.8 Å². The van der Waals surface area contributed by atoms with E-state index in [1.807, 2.05) is 22.6 Å². The number of hydrogen-bond donors (Lipinski definition) is 2. The highest BCUT2D eigenvalue weighted by Crippen LogP contribution is 2.22. The number of likely N-dealkylation sites (N-methyl/N-ethyl adjacent to an activating group) is 1. The SMILES string of the molecule is CN1C(=O)C(=Cc2ccc(O)c(I)c2)NC1=S. The Hall–Kier alpha value is -1.15. The summed E-state index contributed by atoms with van der Waals surface area (Å²) in [6, 6.07) is 5.12. The lowest BCUT2D eigenvalue weighted by atomic mass is 10.2. The van der Waals surface area contributed by atoms with Crippen LogP contribution < -0.4 is 5.32 Å². The molecule has 0 bridgehead atoms. The molecule has 2 rings (SSSR count). The second kappa shape index (κ2) is 4.61. The van der Waals surface area contributed by atoms with Gasteiger partial charge in [-0.05, 0) is 58.6 Å². The van der Waals surface area contributed by atoms with Gasteiger partial charge < -0.3 is 10.4 Å². The number of nitrogens with one attached hydrogen (secondary N) is 1. The van der Waals surface area contributed by atoms with E-state index in [-0.39, 0.29) is 11.7 Å². The Bertz CT molecular complexity index is 542. The number of halogens is 1. The minimum atomic E-state index is -0.155. The van der Waals surface area contributed by atoms with Crippen molar-refractivity contribution in [1.82, 2.24) is 10.2 Å². The summed E-state index contributed by atoms with van der Waals surface area (Å²) >= 11 is 7.00. The van der Waals surface area contributed by atoms with E-state index in [0.717, 1.165) is 9.13 Å². The molecule has 88 valence electrons. The van der Waals surface area contributed by atoms with Gasteiger partial charge in [-0.3, -0.25) is 9.69 Å². The van der Waals surface area contributed by atoms with Crippen molar-refractivity contribution in [2.75, 3.05) is 7.05 Å². The molecule has 1 aromatic rings. The van der Waals surface area contributed by atoms with Gasteiger partial charge in [-0.25, -0.2) is 0 Å². The van der Waals surface area contributed by atoms with E-state index in [9.17, 15) is 9.90 Å². The van der Waals surface area contributed by atoms with Gasteiger partial charge in [0.15, 0.2) is 5.11 Å². The number of nitrogens with zero attached hydrogens (tertiary/aromatic N) is 1. The van der Waals surface area contributed by atoms with Gasteiger partial charge in [-0.1, -0.05) is 6.07 Å². The molecule has 1 aromatic carbocycles. The maximum atomic E-state index is 11.7. The lowest BCUT2D eigenvalue weighted by Crippen LogP contribution is -2.25. The Morgan fingerprint density at radius 2 is 2.24 bits per heavy atom. The van der Waals surface area contributed by atoms with Gasteiger partial charge in [0.1, 0.15) is 11.4 Å². The number of hydrogen-bond acceptors (Lipinski definition) is 3. The van der Waals surface area contributed by atoms with Crippen molar-refractivity contribution < 1.29 is 9.90 Å². The third kappa shape index (κ3) is 2.42. The fourth-order valence-corrected chi connectivity index (χ4v) is 2.14. The van der Waals surface area contributed by atoms with Crippen molar-refractivity contribution in [1.29, 1.82) is 0 Å². The first kappa shape index (κ1) is 12.3. The monoisotopic (exact) mass is 360 g/mol. The molecule has 4 nitrogen and oxygen atoms in total. The first-order valence-corrected chi connectivity index (χ1v) is 6.27. The van der Waals surface area contributed by atoms with Crippen molar-refractivity contribution in [3.05, 3.63) is 33.0 Å². The van der Waals surface area contributed by atoms with Crippen molar-refractivity contribution >= 4 is 51.9 Å². The zero-order chi connectivity index (χ0) is 12.6. The van der Waals surface area contributed by atoms with Crippen LogP contribution >= 0.6 is 34.8 Å². The summed E-state index contributed by atoms with van der Waals surface area (Å²) in [4.78, 5) is 13.1. The first-order valence-electron chi connectivity index (χ1n) is 4.78. The van der Waals surface area contributed by atoms with Gasteiger partial charge in [-0.2, -0.15) is 0 Å². The summed E-state index contributed by atoms with van der Waals surface area (Å²) in [5.41, 5.74) is 1.28. The van der Waals surface area contributed by atoms with E-state index >= 15 is 0 Å². The van der Waals surface area contributed by atoms with Crippen molar-refractivity contribution in [2.45, 2.75) is 0 Å². The second-order valence-electron chi connectivity index (χ2n) is 3.56. The van der Waals surface area contributed by atoms with Gasteiger partial charge in [0.05, 0.1) is 3.57 Å². The maximum absolute atomic E-state index is 11.7. The van der Waals surface area contributed by atoms with Crippen LogP contribution in [0.25, 0.3) is 6.08 Å². The van der Waals surface area contributed by atoms with Crippen LogP contribution in [0.2, 0.25) is 0 Å². The highest BCUT2D eigenvalue weighted by Gasteiger charge is 2.26. The topological polar surface area (TPSA) is 52.6 Å². The standard InChI is InChI=1S/C11H9IN2O2S/c1-14-10(16)8(13-11(14)17)5-6-2-3-9(15)7(12)4-6/h2-5,15H,1H3,(H,13,17). The number of benzene rings is 1. The number of carbonyl (C=O) groups is 1. The van der Waals surface area contributed by atoms with Gasteiger partial charge in [0, 0.05) is 7.05 Å². The zero-order valence-electron chi connectivity index (χ0n) is 8.90. The molecule has 6 heteroatoms. The quantitative estimate of drug-likeness (QED) is 0.455. The average molecular weight is 360 g/mol. The van der Waals surface area contributed by atoms with Crippen LogP contribution in [-0.4, -0.2) is 28.1 Å². The molecule has 0 unspecified atom stereocenters. The molecule has 1 aliphatic heterocycles. The molecule has 0 atom stereocenters. The number of amides is 1. The average Bonchev–Trinajstić information content (AvgIpc) is 2.52. The van der Waals surface area contributed by atoms with E-state index in [1.165, 1.54) is 4.90 Å². The number of phenols is 1. The molecule has 1 fully saturated rings. The maximum Gasteiger partial charge on any atom is 0.276 e. The molecule has 1 heterocycles. The largest absolute Gasteiger partial charge is 0.507 e. The van der Waals surface area contributed by atoms with Crippen LogP contribution in [0.4, 0.5) is 0 Å². The van der Waals surface area contributed by atoms with Crippen LogP contribution in [-0.2, 0) is 4.79 Å². The van der Waals surface area contributed by atoms with E-state index < -0.39 is 0 Å². The fourth-order valence-electron chi connectivity index (χ4n) is 1.40. The Kier molecular flexibility index (Phi) is 3.34. The van der Waals surface area contributed by atoms with Crippen molar-refractivity contribution in [2.24, 2.45) is 0 Å². The molecular formula is C11H9IN2O2S. The smallest absolute Gasteiger partial charge is 0.276 e. The molecule has 0 aliphatic carbocycles. The highest BCUT2D eigenvalue weighted by molar-refractivity contribution is 14.1. The Morgan fingerprint density at radius 1 is 1.53 bits per heavy atom. The molecule has 1 saturated heterocycles. The third-order valence-electron chi connectivity index (χ3n) is 2.36. The minimum absolute atomic E-state index is 0.155.